The van der Waals surface area contributed by atoms with Crippen LogP contribution in [0.3, 0.4) is 0 Å². The molecule has 1 rings (SSSR count). The molecule has 0 atom stereocenters. The van der Waals surface area contributed by atoms with Crippen LogP contribution in [-0.2, 0) is 0 Å². The van der Waals surface area contributed by atoms with E-state index in [2.05, 4.69) is 26.1 Å². The van der Waals surface area contributed by atoms with Crippen LogP contribution in [0.15, 0.2) is 0 Å². The predicted octanol–water partition coefficient (Wildman–Crippen LogP) is 3.70. The smallest absolute Gasteiger partial charge is 0.00201 e. The normalized spacial score (nSPS) is 19.3. The van der Waals surface area contributed by atoms with Crippen molar-refractivity contribution < 1.29 is 0 Å². The van der Waals surface area contributed by atoms with Gasteiger partial charge in [-0.05, 0) is 36.6 Å². The van der Waals surface area contributed by atoms with Gasteiger partial charge in [-0.15, -0.1) is 0 Å². The van der Waals surface area contributed by atoms with Gasteiger partial charge in [0.2, 0.25) is 0 Å². The average Bonchev–Trinajstić information content (AvgIpc) is 2.78. The predicted molar refractivity (Wildman–Crippen MR) is 80.7 cm³/mol. The molecule has 0 saturated heterocycles. The van der Waals surface area contributed by atoms with Crippen molar-refractivity contribution in [2.45, 2.75) is 72.1 Å². The monoisotopic (exact) mass is 254 g/mol. The zero-order valence-corrected chi connectivity index (χ0v) is 12.9. The first-order valence-corrected chi connectivity index (χ1v) is 7.94. The van der Waals surface area contributed by atoms with Gasteiger partial charge < -0.3 is 11.1 Å². The van der Waals surface area contributed by atoms with E-state index in [0.29, 0.717) is 10.8 Å². The van der Waals surface area contributed by atoms with Gasteiger partial charge in [0.05, 0.1) is 0 Å². The summed E-state index contributed by atoms with van der Waals surface area (Å²) in [7, 11) is 0. The maximum Gasteiger partial charge on any atom is 0.00201 e. The number of unbranched alkanes of at least 4 members (excludes halogenated alkanes) is 2. The van der Waals surface area contributed by atoms with Gasteiger partial charge in [0, 0.05) is 13.1 Å². The Kier molecular flexibility index (Phi) is 6.65. The minimum absolute atomic E-state index is 0.416. The first-order chi connectivity index (χ1) is 8.54. The Morgan fingerprint density at radius 2 is 1.83 bits per heavy atom. The van der Waals surface area contributed by atoms with Gasteiger partial charge in [-0.2, -0.15) is 0 Å². The summed E-state index contributed by atoms with van der Waals surface area (Å²) in [5, 5.41) is 3.71. The number of nitrogens with one attached hydrogen (secondary N) is 1. The summed E-state index contributed by atoms with van der Waals surface area (Å²) in [6, 6.07) is 0. The van der Waals surface area contributed by atoms with E-state index >= 15 is 0 Å². The fourth-order valence-corrected chi connectivity index (χ4v) is 3.19. The Morgan fingerprint density at radius 3 is 2.39 bits per heavy atom. The third-order valence-electron chi connectivity index (χ3n) is 4.66. The molecule has 0 heterocycles. The van der Waals surface area contributed by atoms with E-state index in [-0.39, 0.29) is 0 Å². The average molecular weight is 254 g/mol. The Labute approximate surface area is 114 Å². The summed E-state index contributed by atoms with van der Waals surface area (Å²) in [5.41, 5.74) is 6.83. The van der Waals surface area contributed by atoms with Gasteiger partial charge in [-0.1, -0.05) is 52.9 Å². The molecule has 0 aromatic carbocycles. The lowest BCUT2D eigenvalue weighted by Crippen LogP contribution is -2.41. The summed E-state index contributed by atoms with van der Waals surface area (Å²) in [4.78, 5) is 0. The molecule has 0 unspecified atom stereocenters. The number of nitrogens with two attached hydrogens (primary N) is 1. The van der Waals surface area contributed by atoms with Crippen molar-refractivity contribution in [1.29, 1.82) is 0 Å². The van der Waals surface area contributed by atoms with Gasteiger partial charge in [0.25, 0.3) is 0 Å². The van der Waals surface area contributed by atoms with E-state index in [0.717, 1.165) is 19.6 Å². The fourth-order valence-electron chi connectivity index (χ4n) is 3.19. The highest BCUT2D eigenvalue weighted by Crippen LogP contribution is 2.36. The molecule has 1 fully saturated rings. The molecule has 108 valence electrons. The van der Waals surface area contributed by atoms with Crippen LogP contribution in [0.2, 0.25) is 0 Å². The van der Waals surface area contributed by atoms with Gasteiger partial charge >= 0.3 is 0 Å². The van der Waals surface area contributed by atoms with Crippen molar-refractivity contribution in [1.82, 2.24) is 5.32 Å². The standard InChI is InChI=1S/C16H34N2/c1-4-5-6-9-15(2,3)13-18-14-16(12-17)10-7-8-11-16/h18H,4-14,17H2,1-3H3. The molecule has 1 aliphatic rings. The molecule has 0 aromatic heterocycles. The van der Waals surface area contributed by atoms with Crippen molar-refractivity contribution >= 4 is 0 Å². The lowest BCUT2D eigenvalue weighted by molar-refractivity contribution is 0.247. The molecule has 0 amide bonds. The van der Waals surface area contributed by atoms with Crippen LogP contribution in [0.1, 0.15) is 72.1 Å². The quantitative estimate of drug-likeness (QED) is 0.616. The van der Waals surface area contributed by atoms with Crippen molar-refractivity contribution in [2.75, 3.05) is 19.6 Å². The summed E-state index contributed by atoms with van der Waals surface area (Å²) in [6.45, 7) is 10.2. The number of hydrogen-bond donors (Lipinski definition) is 2. The Morgan fingerprint density at radius 1 is 1.17 bits per heavy atom. The topological polar surface area (TPSA) is 38.0 Å². The molecule has 0 aromatic rings. The van der Waals surface area contributed by atoms with E-state index in [1.54, 1.807) is 0 Å². The minimum atomic E-state index is 0.416. The second-order valence-electron chi connectivity index (χ2n) is 7.14. The Bertz CT molecular complexity index is 217. The van der Waals surface area contributed by atoms with E-state index in [9.17, 15) is 0 Å². The Balaban J connectivity index is 2.22. The third-order valence-corrected chi connectivity index (χ3v) is 4.66. The van der Waals surface area contributed by atoms with Crippen LogP contribution < -0.4 is 11.1 Å². The second-order valence-corrected chi connectivity index (χ2v) is 7.14. The van der Waals surface area contributed by atoms with Crippen LogP contribution in [-0.4, -0.2) is 19.6 Å². The summed E-state index contributed by atoms with van der Waals surface area (Å²) in [6.07, 6.45) is 10.8. The van der Waals surface area contributed by atoms with Gasteiger partial charge in [-0.25, -0.2) is 0 Å². The first kappa shape index (κ1) is 16.0. The van der Waals surface area contributed by atoms with Crippen LogP contribution in [0.25, 0.3) is 0 Å². The molecular formula is C16H34N2. The molecule has 18 heavy (non-hydrogen) atoms. The van der Waals surface area contributed by atoms with Crippen LogP contribution in [0, 0.1) is 10.8 Å². The maximum atomic E-state index is 5.98. The molecular weight excluding hydrogens is 220 g/mol. The fraction of sp³-hybridized carbons (Fsp3) is 1.00. The summed E-state index contributed by atoms with van der Waals surface area (Å²) < 4.78 is 0. The lowest BCUT2D eigenvalue weighted by atomic mass is 9.84. The number of rotatable bonds is 9. The molecule has 1 aliphatic carbocycles. The van der Waals surface area contributed by atoms with E-state index in [1.807, 2.05) is 0 Å². The minimum Gasteiger partial charge on any atom is -0.330 e. The van der Waals surface area contributed by atoms with Crippen LogP contribution >= 0.6 is 0 Å². The molecule has 0 spiro atoms. The highest BCUT2D eigenvalue weighted by molar-refractivity contribution is 4.88. The Hall–Kier alpha value is -0.0800. The highest BCUT2D eigenvalue weighted by atomic mass is 14.9. The third kappa shape index (κ3) is 5.27. The van der Waals surface area contributed by atoms with Crippen molar-refractivity contribution in [3.05, 3.63) is 0 Å². The SMILES string of the molecule is CCCCCC(C)(C)CNCC1(CN)CCCC1. The molecule has 2 heteroatoms. The summed E-state index contributed by atoms with van der Waals surface area (Å²) >= 11 is 0. The van der Waals surface area contributed by atoms with Crippen molar-refractivity contribution in [2.24, 2.45) is 16.6 Å². The zero-order valence-electron chi connectivity index (χ0n) is 12.9. The lowest BCUT2D eigenvalue weighted by Gasteiger charge is -2.31. The van der Waals surface area contributed by atoms with Crippen LogP contribution in [0.4, 0.5) is 0 Å². The molecule has 0 radical (unpaired) electrons. The van der Waals surface area contributed by atoms with E-state index in [4.69, 9.17) is 5.73 Å². The van der Waals surface area contributed by atoms with Gasteiger partial charge in [0.1, 0.15) is 0 Å². The van der Waals surface area contributed by atoms with Crippen molar-refractivity contribution in [3.8, 4) is 0 Å². The zero-order chi connectivity index (χ0) is 13.5. The van der Waals surface area contributed by atoms with Gasteiger partial charge in [0.15, 0.2) is 0 Å². The highest BCUT2D eigenvalue weighted by Gasteiger charge is 2.32. The molecule has 0 aliphatic heterocycles. The molecule has 3 N–H and O–H groups in total. The largest absolute Gasteiger partial charge is 0.330 e. The second kappa shape index (κ2) is 7.49. The van der Waals surface area contributed by atoms with Crippen molar-refractivity contribution in [3.63, 3.8) is 0 Å². The summed E-state index contributed by atoms with van der Waals surface area (Å²) in [5.74, 6) is 0. The number of hydrogen-bond acceptors (Lipinski definition) is 2. The van der Waals surface area contributed by atoms with E-state index < -0.39 is 0 Å². The molecule has 0 bridgehead atoms. The maximum absolute atomic E-state index is 5.98. The molecule has 2 nitrogen and oxygen atoms in total. The van der Waals surface area contributed by atoms with E-state index in [1.165, 1.54) is 51.4 Å². The first-order valence-electron chi connectivity index (χ1n) is 7.94. The van der Waals surface area contributed by atoms with Gasteiger partial charge in [-0.3, -0.25) is 0 Å². The molecule has 1 saturated carbocycles. The van der Waals surface area contributed by atoms with Crippen LogP contribution in [0.5, 0.6) is 0 Å².